The van der Waals surface area contributed by atoms with Gasteiger partial charge in [0.25, 0.3) is 5.91 Å². The molecule has 4 aliphatic rings. The maximum Gasteiger partial charge on any atom is 0.272 e. The molecule has 0 aliphatic heterocycles. The van der Waals surface area contributed by atoms with Crippen molar-refractivity contribution in [3.05, 3.63) is 66.4 Å². The molecule has 2 aromatic carbocycles. The Morgan fingerprint density at radius 1 is 0.774 bits per heavy atom. The first-order valence-electron chi connectivity index (χ1n) is 11.4. The summed E-state index contributed by atoms with van der Waals surface area (Å²) < 4.78 is 0. The minimum absolute atomic E-state index is 0.0718. The van der Waals surface area contributed by atoms with Crippen LogP contribution < -0.4 is 5.32 Å². The summed E-state index contributed by atoms with van der Waals surface area (Å²) in [5.41, 5.74) is 2.56. The second-order valence-corrected chi connectivity index (χ2v) is 9.72. The van der Waals surface area contributed by atoms with Crippen LogP contribution in [0.3, 0.4) is 0 Å². The molecule has 0 spiro atoms. The summed E-state index contributed by atoms with van der Waals surface area (Å²) in [6.07, 6.45) is 7.35. The Balaban J connectivity index is 1.38. The lowest BCUT2D eigenvalue weighted by molar-refractivity contribution is -0.0167. The maximum absolute atomic E-state index is 13.7. The van der Waals surface area contributed by atoms with Crippen molar-refractivity contribution in [1.29, 1.82) is 0 Å². The van der Waals surface area contributed by atoms with Gasteiger partial charge >= 0.3 is 0 Å². The third kappa shape index (κ3) is 3.42. The molecule has 0 radical (unpaired) electrons. The molecule has 156 valence electrons. The van der Waals surface area contributed by atoms with E-state index in [-0.39, 0.29) is 11.4 Å². The van der Waals surface area contributed by atoms with E-state index in [1.165, 1.54) is 19.3 Å². The minimum atomic E-state index is -0.118. The molecular weight excluding hydrogens is 384 g/mol. The zero-order chi connectivity index (χ0) is 20.8. The van der Waals surface area contributed by atoms with Crippen molar-refractivity contribution in [3.63, 3.8) is 0 Å². The fraction of sp³-hybridized carbons (Fsp3) is 0.385. The quantitative estimate of drug-likeness (QED) is 0.664. The number of nitrogens with zero attached hydrogens (tertiary/aromatic N) is 3. The average molecular weight is 411 g/mol. The number of aromatic nitrogens is 3. The second-order valence-electron chi connectivity index (χ2n) is 9.72. The van der Waals surface area contributed by atoms with E-state index >= 15 is 0 Å². The fourth-order valence-corrected chi connectivity index (χ4v) is 6.55. The van der Waals surface area contributed by atoms with E-state index in [1.807, 2.05) is 60.7 Å². The van der Waals surface area contributed by atoms with Crippen LogP contribution in [0, 0.1) is 17.8 Å². The zero-order valence-corrected chi connectivity index (χ0v) is 17.5. The molecule has 1 N–H and O–H groups in total. The molecule has 0 unspecified atom stereocenters. The summed E-state index contributed by atoms with van der Waals surface area (Å²) in [5.74, 6) is 2.67. The summed E-state index contributed by atoms with van der Waals surface area (Å²) in [4.78, 5) is 18.4. The van der Waals surface area contributed by atoms with E-state index in [4.69, 9.17) is 4.98 Å². The normalized spacial score (nSPS) is 28.5. The van der Waals surface area contributed by atoms with E-state index in [1.54, 1.807) is 0 Å². The Morgan fingerprint density at radius 2 is 1.32 bits per heavy atom. The van der Waals surface area contributed by atoms with Crippen molar-refractivity contribution in [2.45, 2.75) is 44.1 Å². The van der Waals surface area contributed by atoms with E-state index in [2.05, 4.69) is 15.5 Å². The molecule has 4 saturated carbocycles. The lowest BCUT2D eigenvalue weighted by Crippen LogP contribution is -2.60. The number of benzene rings is 2. The summed E-state index contributed by atoms with van der Waals surface area (Å²) in [7, 11) is 0. The molecule has 0 saturated heterocycles. The SMILES string of the molecule is O=C(NC12CC3CC(CC(C3)C1)C2)c1nc(-c2ccccc2)nnc1-c1ccccc1. The van der Waals surface area contributed by atoms with E-state index in [0.29, 0.717) is 17.2 Å². The van der Waals surface area contributed by atoms with Gasteiger partial charge in [0.15, 0.2) is 11.5 Å². The van der Waals surface area contributed by atoms with E-state index < -0.39 is 0 Å². The standard InChI is InChI=1S/C26H26N4O/c31-25(28-26-14-17-11-18(15-26)13-19(12-17)16-26)23-22(20-7-3-1-4-8-20)29-30-24(27-23)21-9-5-2-6-10-21/h1-10,17-19H,11-16H2,(H,28,31). The first kappa shape index (κ1) is 18.7. The van der Waals surface area contributed by atoms with Crippen molar-refractivity contribution in [2.24, 2.45) is 17.8 Å². The van der Waals surface area contributed by atoms with E-state index in [0.717, 1.165) is 48.1 Å². The highest BCUT2D eigenvalue weighted by Crippen LogP contribution is 2.55. The van der Waals surface area contributed by atoms with Gasteiger partial charge in [0.05, 0.1) is 0 Å². The minimum Gasteiger partial charge on any atom is -0.345 e. The molecule has 0 atom stereocenters. The summed E-state index contributed by atoms with van der Waals surface area (Å²) in [6.45, 7) is 0. The summed E-state index contributed by atoms with van der Waals surface area (Å²) >= 11 is 0. The average Bonchev–Trinajstić information content (AvgIpc) is 2.79. The predicted octanol–water partition coefficient (Wildman–Crippen LogP) is 4.90. The topological polar surface area (TPSA) is 67.8 Å². The molecular formula is C26H26N4O. The Hall–Kier alpha value is -3.08. The molecule has 3 aromatic rings. The Bertz CT molecular complexity index is 1080. The van der Waals surface area contributed by atoms with Gasteiger partial charge in [-0.1, -0.05) is 60.7 Å². The van der Waals surface area contributed by atoms with Crippen LogP contribution in [0.4, 0.5) is 0 Å². The van der Waals surface area contributed by atoms with Crippen LogP contribution in [0.2, 0.25) is 0 Å². The van der Waals surface area contributed by atoms with Crippen LogP contribution >= 0.6 is 0 Å². The fourth-order valence-electron chi connectivity index (χ4n) is 6.55. The van der Waals surface area contributed by atoms with Crippen molar-refractivity contribution < 1.29 is 4.79 Å². The molecule has 1 amide bonds. The summed E-state index contributed by atoms with van der Waals surface area (Å²) in [6, 6.07) is 19.5. The molecule has 4 bridgehead atoms. The first-order chi connectivity index (χ1) is 15.2. The third-order valence-corrected chi connectivity index (χ3v) is 7.40. The highest BCUT2D eigenvalue weighted by atomic mass is 16.2. The molecule has 31 heavy (non-hydrogen) atoms. The number of rotatable bonds is 4. The van der Waals surface area contributed by atoms with Gasteiger partial charge in [-0.2, -0.15) is 0 Å². The molecule has 1 heterocycles. The number of carbonyl (C=O) groups excluding carboxylic acids is 1. The van der Waals surface area contributed by atoms with Crippen LogP contribution in [0.1, 0.15) is 49.0 Å². The zero-order valence-electron chi connectivity index (χ0n) is 17.5. The van der Waals surface area contributed by atoms with Crippen molar-refractivity contribution in [2.75, 3.05) is 0 Å². The Kier molecular flexibility index (Phi) is 4.37. The van der Waals surface area contributed by atoms with E-state index in [9.17, 15) is 4.79 Å². The molecule has 4 fully saturated rings. The number of hydrogen-bond donors (Lipinski definition) is 1. The number of amides is 1. The van der Waals surface area contributed by atoms with Gasteiger partial charge in [0, 0.05) is 16.7 Å². The highest BCUT2D eigenvalue weighted by molar-refractivity contribution is 5.98. The van der Waals surface area contributed by atoms with Gasteiger partial charge < -0.3 is 5.32 Å². The molecule has 5 heteroatoms. The largest absolute Gasteiger partial charge is 0.345 e. The molecule has 7 rings (SSSR count). The van der Waals surface area contributed by atoms with Gasteiger partial charge in [-0.05, 0) is 56.3 Å². The molecule has 1 aromatic heterocycles. The van der Waals surface area contributed by atoms with Crippen molar-refractivity contribution >= 4 is 5.91 Å². The van der Waals surface area contributed by atoms with Crippen molar-refractivity contribution in [3.8, 4) is 22.6 Å². The third-order valence-electron chi connectivity index (χ3n) is 7.40. The van der Waals surface area contributed by atoms with Gasteiger partial charge in [0.2, 0.25) is 0 Å². The van der Waals surface area contributed by atoms with Crippen LogP contribution in [0.5, 0.6) is 0 Å². The maximum atomic E-state index is 13.7. The summed E-state index contributed by atoms with van der Waals surface area (Å²) in [5, 5.41) is 12.3. The van der Waals surface area contributed by atoms with Crippen LogP contribution in [-0.4, -0.2) is 26.6 Å². The van der Waals surface area contributed by atoms with Gasteiger partial charge in [-0.3, -0.25) is 4.79 Å². The second kappa shape index (κ2) is 7.26. The number of hydrogen-bond acceptors (Lipinski definition) is 4. The Morgan fingerprint density at radius 3 is 1.90 bits per heavy atom. The van der Waals surface area contributed by atoms with Crippen molar-refractivity contribution in [1.82, 2.24) is 20.5 Å². The Labute approximate surface area is 182 Å². The first-order valence-corrected chi connectivity index (χ1v) is 11.4. The predicted molar refractivity (Wildman–Crippen MR) is 119 cm³/mol. The monoisotopic (exact) mass is 410 g/mol. The van der Waals surface area contributed by atoms with Gasteiger partial charge in [0.1, 0.15) is 5.69 Å². The molecule has 5 nitrogen and oxygen atoms in total. The number of carbonyl (C=O) groups is 1. The van der Waals surface area contributed by atoms with Crippen LogP contribution in [-0.2, 0) is 0 Å². The smallest absolute Gasteiger partial charge is 0.272 e. The lowest BCUT2D eigenvalue weighted by Gasteiger charge is -2.56. The van der Waals surface area contributed by atoms with Gasteiger partial charge in [-0.15, -0.1) is 10.2 Å². The van der Waals surface area contributed by atoms with Crippen LogP contribution in [0.15, 0.2) is 60.7 Å². The highest BCUT2D eigenvalue weighted by Gasteiger charge is 2.51. The number of nitrogens with one attached hydrogen (secondary N) is 1. The van der Waals surface area contributed by atoms with Crippen LogP contribution in [0.25, 0.3) is 22.6 Å². The molecule has 4 aliphatic carbocycles. The lowest BCUT2D eigenvalue weighted by atomic mass is 9.53. The van der Waals surface area contributed by atoms with Gasteiger partial charge in [-0.25, -0.2) is 4.98 Å².